The highest BCUT2D eigenvalue weighted by Gasteiger charge is 2.57. The molecule has 0 aromatic heterocycles. The molecule has 2 heteroatoms. The molecule has 0 N–H and O–H groups in total. The van der Waals surface area contributed by atoms with Crippen LogP contribution in [0.3, 0.4) is 0 Å². The van der Waals surface area contributed by atoms with Crippen molar-refractivity contribution in [2.45, 2.75) is 24.8 Å². The van der Waals surface area contributed by atoms with Crippen molar-refractivity contribution in [1.29, 1.82) is 5.26 Å². The summed E-state index contributed by atoms with van der Waals surface area (Å²) in [5, 5.41) is 9.18. The van der Waals surface area contributed by atoms with E-state index in [-0.39, 0.29) is 17.9 Å². The molecule has 1 aromatic rings. The standard InChI is InChI=1S/C15H14N2/c1-17-15-11-7-12(9-16)13(8-11)14(15)10-5-3-2-4-6-10/h2-6,11-15H,7-8H2. The Balaban J connectivity index is 1.98. The molecule has 0 radical (unpaired) electrons. The van der Waals surface area contributed by atoms with Gasteiger partial charge in [-0.05, 0) is 24.3 Å². The molecule has 3 rings (SSSR count). The van der Waals surface area contributed by atoms with Crippen LogP contribution in [-0.2, 0) is 0 Å². The first-order chi connectivity index (χ1) is 8.35. The van der Waals surface area contributed by atoms with E-state index in [1.54, 1.807) is 0 Å². The Morgan fingerprint density at radius 3 is 2.65 bits per heavy atom. The molecule has 2 fully saturated rings. The molecule has 0 aliphatic heterocycles. The molecular weight excluding hydrogens is 208 g/mol. The largest absolute Gasteiger partial charge is 0.313 e. The number of hydrogen-bond acceptors (Lipinski definition) is 1. The molecule has 2 aliphatic rings. The molecule has 1 aromatic carbocycles. The Morgan fingerprint density at radius 1 is 1.24 bits per heavy atom. The average molecular weight is 222 g/mol. The van der Waals surface area contributed by atoms with Crippen LogP contribution in [0.15, 0.2) is 30.3 Å². The van der Waals surface area contributed by atoms with Gasteiger partial charge in [-0.15, -0.1) is 0 Å². The second kappa shape index (κ2) is 3.90. The van der Waals surface area contributed by atoms with Crippen LogP contribution in [0.4, 0.5) is 0 Å². The molecule has 0 saturated heterocycles. The highest BCUT2D eigenvalue weighted by atomic mass is 14.8. The van der Waals surface area contributed by atoms with Gasteiger partial charge in [0, 0.05) is 5.92 Å². The zero-order valence-electron chi connectivity index (χ0n) is 9.58. The van der Waals surface area contributed by atoms with Crippen LogP contribution in [-0.4, -0.2) is 6.04 Å². The second-order valence-corrected chi connectivity index (χ2v) is 5.19. The van der Waals surface area contributed by atoms with E-state index in [9.17, 15) is 5.26 Å². The van der Waals surface area contributed by atoms with E-state index in [1.807, 2.05) is 18.2 Å². The summed E-state index contributed by atoms with van der Waals surface area (Å²) in [5.41, 5.74) is 1.25. The summed E-state index contributed by atoms with van der Waals surface area (Å²) in [5.74, 6) is 1.32. The molecule has 2 saturated carbocycles. The smallest absolute Gasteiger partial charge is 0.233 e. The van der Waals surface area contributed by atoms with Gasteiger partial charge < -0.3 is 4.85 Å². The topological polar surface area (TPSA) is 28.1 Å². The molecule has 2 aliphatic carbocycles. The van der Waals surface area contributed by atoms with Gasteiger partial charge in [-0.3, -0.25) is 0 Å². The van der Waals surface area contributed by atoms with Crippen molar-refractivity contribution >= 4 is 0 Å². The van der Waals surface area contributed by atoms with Crippen molar-refractivity contribution in [2.24, 2.45) is 17.8 Å². The summed E-state index contributed by atoms with van der Waals surface area (Å²) in [6.45, 7) is 7.40. The monoisotopic (exact) mass is 222 g/mol. The summed E-state index contributed by atoms with van der Waals surface area (Å²) in [4.78, 5) is 3.84. The number of nitriles is 1. The number of fused-ring (bicyclic) bond motifs is 2. The average Bonchev–Trinajstić information content (AvgIpc) is 2.96. The van der Waals surface area contributed by atoms with Crippen LogP contribution in [0.2, 0.25) is 0 Å². The molecule has 2 nitrogen and oxygen atoms in total. The van der Waals surface area contributed by atoms with Crippen LogP contribution in [0.25, 0.3) is 4.85 Å². The molecule has 0 spiro atoms. The number of rotatable bonds is 1. The van der Waals surface area contributed by atoms with Gasteiger partial charge in [-0.2, -0.15) is 5.26 Å². The van der Waals surface area contributed by atoms with E-state index in [2.05, 4.69) is 23.0 Å². The Labute approximate surface area is 102 Å². The fraction of sp³-hybridized carbons (Fsp3) is 0.467. The van der Waals surface area contributed by atoms with Crippen molar-refractivity contribution in [3.8, 4) is 6.07 Å². The van der Waals surface area contributed by atoms with Crippen molar-refractivity contribution in [2.75, 3.05) is 0 Å². The van der Waals surface area contributed by atoms with Gasteiger partial charge >= 0.3 is 0 Å². The van der Waals surface area contributed by atoms with E-state index in [0.29, 0.717) is 11.8 Å². The zero-order valence-corrected chi connectivity index (χ0v) is 9.58. The molecular formula is C15H14N2. The third-order valence-corrected chi connectivity index (χ3v) is 4.46. The Kier molecular flexibility index (Phi) is 2.37. The number of hydrogen-bond donors (Lipinski definition) is 0. The summed E-state index contributed by atoms with van der Waals surface area (Å²) >= 11 is 0. The lowest BCUT2D eigenvalue weighted by Gasteiger charge is -2.26. The van der Waals surface area contributed by atoms with Crippen LogP contribution < -0.4 is 0 Å². The lowest BCUT2D eigenvalue weighted by molar-refractivity contribution is 0.339. The predicted molar refractivity (Wildman–Crippen MR) is 64.9 cm³/mol. The molecule has 17 heavy (non-hydrogen) atoms. The minimum Gasteiger partial charge on any atom is -0.313 e. The predicted octanol–water partition coefficient (Wildman–Crippen LogP) is 3.24. The molecule has 5 atom stereocenters. The third-order valence-electron chi connectivity index (χ3n) is 4.46. The van der Waals surface area contributed by atoms with E-state index >= 15 is 0 Å². The van der Waals surface area contributed by atoms with Crippen LogP contribution in [0.5, 0.6) is 0 Å². The van der Waals surface area contributed by atoms with Crippen LogP contribution in [0.1, 0.15) is 24.3 Å². The zero-order chi connectivity index (χ0) is 11.8. The third kappa shape index (κ3) is 1.45. The number of nitrogens with zero attached hydrogens (tertiary/aromatic N) is 2. The van der Waals surface area contributed by atoms with Gasteiger partial charge in [0.15, 0.2) is 0 Å². The number of benzene rings is 1. The first-order valence-electron chi connectivity index (χ1n) is 6.16. The van der Waals surface area contributed by atoms with Gasteiger partial charge in [0.25, 0.3) is 0 Å². The summed E-state index contributed by atoms with van der Waals surface area (Å²) < 4.78 is 0. The minimum atomic E-state index is 0.104. The Morgan fingerprint density at radius 2 is 2.00 bits per heavy atom. The molecule has 0 amide bonds. The summed E-state index contributed by atoms with van der Waals surface area (Å²) in [7, 11) is 0. The highest BCUT2D eigenvalue weighted by Crippen LogP contribution is 2.56. The van der Waals surface area contributed by atoms with Crippen molar-refractivity contribution in [3.05, 3.63) is 47.3 Å². The highest BCUT2D eigenvalue weighted by molar-refractivity contribution is 5.30. The van der Waals surface area contributed by atoms with Gasteiger partial charge in [-0.25, -0.2) is 6.57 Å². The first-order valence-corrected chi connectivity index (χ1v) is 6.16. The fourth-order valence-corrected chi connectivity index (χ4v) is 3.79. The molecule has 2 bridgehead atoms. The Bertz CT molecular complexity index is 494. The minimum absolute atomic E-state index is 0.104. The van der Waals surface area contributed by atoms with E-state index < -0.39 is 0 Å². The lowest BCUT2D eigenvalue weighted by atomic mass is 9.75. The van der Waals surface area contributed by atoms with Gasteiger partial charge in [0.05, 0.1) is 17.9 Å². The maximum Gasteiger partial charge on any atom is 0.233 e. The lowest BCUT2D eigenvalue weighted by Crippen LogP contribution is -2.27. The van der Waals surface area contributed by atoms with Gasteiger partial charge in [-0.1, -0.05) is 30.3 Å². The van der Waals surface area contributed by atoms with E-state index in [0.717, 1.165) is 12.8 Å². The quantitative estimate of drug-likeness (QED) is 0.670. The fourth-order valence-electron chi connectivity index (χ4n) is 3.79. The summed E-state index contributed by atoms with van der Waals surface area (Å²) in [6.07, 6.45) is 2.02. The van der Waals surface area contributed by atoms with Crippen LogP contribution >= 0.6 is 0 Å². The second-order valence-electron chi connectivity index (χ2n) is 5.19. The summed E-state index contributed by atoms with van der Waals surface area (Å²) in [6, 6.07) is 12.8. The van der Waals surface area contributed by atoms with Crippen LogP contribution in [0, 0.1) is 35.7 Å². The van der Waals surface area contributed by atoms with Crippen molar-refractivity contribution in [3.63, 3.8) is 0 Å². The van der Waals surface area contributed by atoms with Gasteiger partial charge in [0.2, 0.25) is 6.04 Å². The van der Waals surface area contributed by atoms with E-state index in [4.69, 9.17) is 6.57 Å². The SMILES string of the molecule is [C-]#[N+]C1C2CC(C#N)C(C2)C1c1ccccc1. The van der Waals surface area contributed by atoms with Gasteiger partial charge in [0.1, 0.15) is 0 Å². The van der Waals surface area contributed by atoms with E-state index in [1.165, 1.54) is 5.56 Å². The Hall–Kier alpha value is -1.80. The van der Waals surface area contributed by atoms with Crippen molar-refractivity contribution < 1.29 is 0 Å². The molecule has 84 valence electrons. The first kappa shape index (κ1) is 10.4. The maximum absolute atomic E-state index is 9.18. The normalized spacial score (nSPS) is 38.6. The molecule has 5 unspecified atom stereocenters. The maximum atomic E-state index is 9.18. The molecule has 0 heterocycles. The van der Waals surface area contributed by atoms with Crippen molar-refractivity contribution in [1.82, 2.24) is 0 Å².